The number of ether oxygens (including phenoxy) is 1. The number of nitrogens with two attached hydrogens (primary N) is 1. The number of alkyl halides is 1. The molecular weight excluding hydrogens is 687 g/mol. The van der Waals surface area contributed by atoms with Gasteiger partial charge in [-0.15, -0.1) is 0 Å². The molecule has 0 aliphatic heterocycles. The Bertz CT molecular complexity index is 1600. The highest BCUT2D eigenvalue weighted by Gasteiger charge is 2.29. The minimum atomic E-state index is -0.789. The van der Waals surface area contributed by atoms with Gasteiger partial charge in [0.1, 0.15) is 6.04 Å². The third-order valence-corrected chi connectivity index (χ3v) is 8.80. The number of carbonyl (C=O) groups excluding carboxylic acids is 2. The van der Waals surface area contributed by atoms with E-state index in [9.17, 15) is 14.4 Å². The molecule has 2 heterocycles. The molecule has 1 atom stereocenters. The van der Waals surface area contributed by atoms with Crippen LogP contribution in [0, 0.1) is 11.8 Å². The molecule has 1 aliphatic carbocycles. The second kappa shape index (κ2) is 15.8. The highest BCUT2D eigenvalue weighted by molar-refractivity contribution is 14.1. The molecule has 0 spiro atoms. The Morgan fingerprint density at radius 3 is 2.33 bits per heavy atom. The molecule has 2 aromatic heterocycles. The molecule has 5 rings (SSSR count). The quantitative estimate of drug-likeness (QED) is 0.0874. The number of rotatable bonds is 13. The standard InChI is InChI=1S/C33H37IN6O5/c34-16-1-17-44-29-15-12-26(20-36-29)23-6-2-21(3-7-23)18-28(38-31(41)25-8-4-22(19-35)5-9-25)32(42)37-27-13-10-24(11-14-27)30-39-33(43)45-40-30/h2-3,6-7,10-15,20,22,25,28H,1,4-5,8-9,16-19,35H2,(H,37,42)(H,38,41)(H,39,40,43)/t22?,25?,28-/m0/s1. The van der Waals surface area contributed by atoms with Crippen molar-refractivity contribution < 1.29 is 18.8 Å². The number of anilines is 1. The van der Waals surface area contributed by atoms with E-state index < -0.39 is 11.8 Å². The van der Waals surface area contributed by atoms with Gasteiger partial charge in [0.15, 0.2) is 5.82 Å². The summed E-state index contributed by atoms with van der Waals surface area (Å²) in [4.78, 5) is 45.1. The lowest BCUT2D eigenvalue weighted by Crippen LogP contribution is -2.48. The molecule has 0 unspecified atom stereocenters. The molecule has 0 bridgehead atoms. The molecule has 45 heavy (non-hydrogen) atoms. The van der Waals surface area contributed by atoms with Gasteiger partial charge in [-0.1, -0.05) is 52.0 Å². The number of H-pyrrole nitrogens is 1. The molecule has 12 heteroatoms. The fourth-order valence-corrected chi connectivity index (χ4v) is 5.70. The van der Waals surface area contributed by atoms with Crippen molar-refractivity contribution >= 4 is 40.1 Å². The van der Waals surface area contributed by atoms with Crippen LogP contribution < -0.4 is 26.9 Å². The summed E-state index contributed by atoms with van der Waals surface area (Å²) < 4.78 is 11.3. The van der Waals surface area contributed by atoms with Crippen LogP contribution in [0.15, 0.2) is 76.2 Å². The van der Waals surface area contributed by atoms with Gasteiger partial charge in [-0.05, 0) is 86.0 Å². The van der Waals surface area contributed by atoms with Crippen molar-refractivity contribution in [2.45, 2.75) is 44.6 Å². The predicted octanol–water partition coefficient (Wildman–Crippen LogP) is 4.73. The van der Waals surface area contributed by atoms with E-state index in [2.05, 4.69) is 52.9 Å². The van der Waals surface area contributed by atoms with Crippen LogP contribution in [0.3, 0.4) is 0 Å². The van der Waals surface area contributed by atoms with E-state index in [1.165, 1.54) is 0 Å². The number of carbonyl (C=O) groups is 2. The highest BCUT2D eigenvalue weighted by atomic mass is 127. The summed E-state index contributed by atoms with van der Waals surface area (Å²) in [5.74, 6) is 0.117. The minimum absolute atomic E-state index is 0.112. The van der Waals surface area contributed by atoms with Crippen molar-refractivity contribution in [3.05, 3.63) is 83.0 Å². The van der Waals surface area contributed by atoms with Gasteiger partial charge < -0.3 is 21.1 Å². The number of halogens is 1. The topological polar surface area (TPSA) is 165 Å². The van der Waals surface area contributed by atoms with Crippen LogP contribution in [-0.2, 0) is 16.0 Å². The summed E-state index contributed by atoms with van der Waals surface area (Å²) >= 11 is 2.32. The maximum Gasteiger partial charge on any atom is 0.439 e. The van der Waals surface area contributed by atoms with Crippen molar-refractivity contribution in [2.24, 2.45) is 17.6 Å². The first kappa shape index (κ1) is 32.4. The Balaban J connectivity index is 1.27. The number of amides is 2. The largest absolute Gasteiger partial charge is 0.478 e. The maximum atomic E-state index is 13.6. The van der Waals surface area contributed by atoms with Gasteiger partial charge in [0, 0.05) is 45.8 Å². The molecule has 1 saturated carbocycles. The average Bonchev–Trinajstić information content (AvgIpc) is 3.51. The molecule has 11 nitrogen and oxygen atoms in total. The SMILES string of the molecule is NCC1CCC(C(=O)N[C@@H](Cc2ccc(-c3ccc(OCCCI)nc3)cc2)C(=O)Nc2ccc(-c3noc(=O)[nH]3)cc2)CC1. The van der Waals surface area contributed by atoms with E-state index in [1.54, 1.807) is 30.5 Å². The zero-order valence-corrected chi connectivity index (χ0v) is 27.0. The summed E-state index contributed by atoms with van der Waals surface area (Å²) in [7, 11) is 0. The van der Waals surface area contributed by atoms with Crippen molar-refractivity contribution in [3.8, 4) is 28.4 Å². The number of pyridine rings is 1. The van der Waals surface area contributed by atoms with Crippen LogP contribution in [0.2, 0.25) is 0 Å². The average molecular weight is 725 g/mol. The summed E-state index contributed by atoms with van der Waals surface area (Å²) in [6.45, 7) is 1.27. The molecule has 2 amide bonds. The summed E-state index contributed by atoms with van der Waals surface area (Å²) in [5, 5.41) is 9.65. The second-order valence-electron chi connectivity index (χ2n) is 11.2. The number of hydrogen-bond donors (Lipinski definition) is 4. The molecule has 0 radical (unpaired) electrons. The molecular formula is C33H37IN6O5. The minimum Gasteiger partial charge on any atom is -0.478 e. The first-order chi connectivity index (χ1) is 21.9. The van der Waals surface area contributed by atoms with Gasteiger partial charge in [0.25, 0.3) is 0 Å². The Morgan fingerprint density at radius 2 is 1.71 bits per heavy atom. The molecule has 4 aromatic rings. The number of nitrogens with one attached hydrogen (secondary N) is 3. The van der Waals surface area contributed by atoms with Gasteiger partial charge in [-0.2, -0.15) is 0 Å². The zero-order chi connectivity index (χ0) is 31.6. The van der Waals surface area contributed by atoms with Crippen LogP contribution in [0.25, 0.3) is 22.5 Å². The predicted molar refractivity (Wildman–Crippen MR) is 180 cm³/mol. The van der Waals surface area contributed by atoms with Crippen LogP contribution in [0.5, 0.6) is 5.88 Å². The third-order valence-electron chi connectivity index (χ3n) is 8.04. The van der Waals surface area contributed by atoms with Gasteiger partial charge in [0.05, 0.1) is 6.61 Å². The molecule has 0 saturated heterocycles. The normalized spacial score (nSPS) is 16.9. The van der Waals surface area contributed by atoms with Crippen LogP contribution in [0.4, 0.5) is 5.69 Å². The van der Waals surface area contributed by atoms with Crippen LogP contribution in [0.1, 0.15) is 37.7 Å². The molecule has 1 fully saturated rings. The van der Waals surface area contributed by atoms with Gasteiger partial charge in [-0.25, -0.2) is 9.78 Å². The smallest absolute Gasteiger partial charge is 0.439 e. The van der Waals surface area contributed by atoms with Crippen LogP contribution in [-0.4, -0.2) is 50.6 Å². The van der Waals surface area contributed by atoms with E-state index in [0.29, 0.717) is 48.4 Å². The Kier molecular flexibility index (Phi) is 11.4. The van der Waals surface area contributed by atoms with Gasteiger partial charge in [-0.3, -0.25) is 19.1 Å². The molecule has 1 aliphatic rings. The number of aromatic nitrogens is 3. The lowest BCUT2D eigenvalue weighted by Gasteiger charge is -2.28. The van der Waals surface area contributed by atoms with Crippen molar-refractivity contribution in [3.63, 3.8) is 0 Å². The van der Waals surface area contributed by atoms with Crippen molar-refractivity contribution in [1.29, 1.82) is 0 Å². The summed E-state index contributed by atoms with van der Waals surface area (Å²) in [5.41, 5.74) is 9.86. The second-order valence-corrected chi connectivity index (χ2v) is 12.3. The summed E-state index contributed by atoms with van der Waals surface area (Å²) in [6.07, 6.45) is 6.43. The lowest BCUT2D eigenvalue weighted by atomic mass is 9.81. The van der Waals surface area contributed by atoms with Crippen molar-refractivity contribution in [2.75, 3.05) is 22.9 Å². The zero-order valence-electron chi connectivity index (χ0n) is 24.8. The van der Waals surface area contributed by atoms with Gasteiger partial charge >= 0.3 is 5.76 Å². The Labute approximate surface area is 274 Å². The first-order valence-corrected chi connectivity index (χ1v) is 16.7. The fourth-order valence-electron chi connectivity index (χ4n) is 5.39. The maximum absolute atomic E-state index is 13.6. The highest BCUT2D eigenvalue weighted by Crippen LogP contribution is 2.28. The Morgan fingerprint density at radius 1 is 1.00 bits per heavy atom. The van der Waals surface area contributed by atoms with Crippen molar-refractivity contribution in [1.82, 2.24) is 20.4 Å². The van der Waals surface area contributed by atoms with E-state index in [4.69, 9.17) is 10.5 Å². The van der Waals surface area contributed by atoms with Crippen LogP contribution >= 0.6 is 22.6 Å². The number of hydrogen-bond acceptors (Lipinski definition) is 8. The summed E-state index contributed by atoms with van der Waals surface area (Å²) in [6, 6.07) is 17.8. The van der Waals surface area contributed by atoms with E-state index in [1.807, 2.05) is 36.4 Å². The monoisotopic (exact) mass is 724 g/mol. The number of aromatic amines is 1. The fraction of sp³-hybridized carbons (Fsp3) is 0.364. The van der Waals surface area contributed by atoms with Gasteiger partial charge in [0.2, 0.25) is 17.7 Å². The number of nitrogens with zero attached hydrogens (tertiary/aromatic N) is 2. The Hall–Kier alpha value is -4.04. The molecule has 5 N–H and O–H groups in total. The first-order valence-electron chi connectivity index (χ1n) is 15.1. The van der Waals surface area contributed by atoms with E-state index in [-0.39, 0.29) is 17.7 Å². The number of benzene rings is 2. The molecule has 236 valence electrons. The molecule has 2 aromatic carbocycles. The van der Waals surface area contributed by atoms with E-state index >= 15 is 0 Å². The van der Waals surface area contributed by atoms with E-state index in [0.717, 1.165) is 53.2 Å². The third kappa shape index (κ3) is 9.01. The lowest BCUT2D eigenvalue weighted by molar-refractivity contribution is -0.130.